The number of anilines is 1. The second-order valence-electron chi connectivity index (χ2n) is 9.81. The SMILES string of the molecule is Cn1c2ccccc2c(=NCCCNCCCCN2C(=O)C(=O)c3ccccc32)c2c3ccccc3[nH]c21. The van der Waals surface area contributed by atoms with Crippen LogP contribution in [-0.4, -0.2) is 47.4 Å². The first-order valence-corrected chi connectivity index (χ1v) is 13.3. The van der Waals surface area contributed by atoms with E-state index in [0.717, 1.165) is 72.0 Å². The van der Waals surface area contributed by atoms with E-state index in [2.05, 4.69) is 70.4 Å². The molecule has 0 spiro atoms. The molecule has 38 heavy (non-hydrogen) atoms. The van der Waals surface area contributed by atoms with E-state index in [4.69, 9.17) is 4.99 Å². The number of H-pyrrole nitrogens is 1. The number of carbonyl (C=O) groups excluding carboxylic acids is 2. The summed E-state index contributed by atoms with van der Waals surface area (Å²) in [6.07, 6.45) is 2.72. The summed E-state index contributed by atoms with van der Waals surface area (Å²) in [4.78, 5) is 34.7. The van der Waals surface area contributed by atoms with E-state index >= 15 is 0 Å². The summed E-state index contributed by atoms with van der Waals surface area (Å²) in [6, 6.07) is 24.1. The number of unbranched alkanes of at least 4 members (excludes halogenated alkanes) is 1. The molecule has 1 aliphatic rings. The minimum Gasteiger partial charge on any atom is -0.341 e. The molecule has 1 aliphatic heterocycles. The standard InChI is InChI=1S/C31H31N5O2/c1-35-25-15-6-3-12-22(25)28(27-21-11-2-5-14-24(21)34-30(27)35)33-19-10-18-32-17-8-9-20-36-26-16-7-4-13-23(26)29(37)31(36)38/h2-7,11-16,32,34H,8-10,17-20H2,1H3. The van der Waals surface area contributed by atoms with E-state index in [1.807, 2.05) is 12.1 Å². The number of fused-ring (bicyclic) bond motifs is 5. The summed E-state index contributed by atoms with van der Waals surface area (Å²) in [7, 11) is 2.10. The number of carbonyl (C=O) groups is 2. The van der Waals surface area contributed by atoms with E-state index < -0.39 is 11.7 Å². The molecular weight excluding hydrogens is 474 g/mol. The first kappa shape index (κ1) is 24.1. The Bertz CT molecular complexity index is 1750. The quantitative estimate of drug-likeness (QED) is 0.225. The van der Waals surface area contributed by atoms with Gasteiger partial charge in [0.2, 0.25) is 0 Å². The van der Waals surface area contributed by atoms with Crippen LogP contribution < -0.4 is 15.6 Å². The Morgan fingerprint density at radius 2 is 1.58 bits per heavy atom. The van der Waals surface area contributed by atoms with Crippen LogP contribution in [0.25, 0.3) is 32.8 Å². The zero-order valence-electron chi connectivity index (χ0n) is 21.5. The van der Waals surface area contributed by atoms with Crippen molar-refractivity contribution in [3.8, 4) is 0 Å². The zero-order chi connectivity index (χ0) is 26.1. The Labute approximate surface area is 220 Å². The van der Waals surface area contributed by atoms with E-state index in [1.54, 1.807) is 17.0 Å². The van der Waals surface area contributed by atoms with E-state index in [0.29, 0.717) is 12.1 Å². The molecule has 7 heteroatoms. The maximum atomic E-state index is 12.3. The van der Waals surface area contributed by atoms with Crippen molar-refractivity contribution in [3.63, 3.8) is 0 Å². The van der Waals surface area contributed by atoms with Gasteiger partial charge in [-0.25, -0.2) is 0 Å². The summed E-state index contributed by atoms with van der Waals surface area (Å²) in [5, 5.41) is 8.09. The normalized spacial score (nSPS) is 13.9. The van der Waals surface area contributed by atoms with Crippen LogP contribution >= 0.6 is 0 Å². The molecule has 0 unspecified atom stereocenters. The maximum Gasteiger partial charge on any atom is 0.299 e. The molecule has 0 saturated carbocycles. The molecule has 0 fully saturated rings. The minimum absolute atomic E-state index is 0.396. The largest absolute Gasteiger partial charge is 0.341 e. The van der Waals surface area contributed by atoms with Crippen molar-refractivity contribution in [3.05, 3.63) is 83.7 Å². The second kappa shape index (κ2) is 10.3. The topological polar surface area (TPSA) is 82.5 Å². The summed E-state index contributed by atoms with van der Waals surface area (Å²) >= 11 is 0. The minimum atomic E-state index is -0.410. The lowest BCUT2D eigenvalue weighted by molar-refractivity contribution is -0.114. The van der Waals surface area contributed by atoms with Crippen molar-refractivity contribution in [2.45, 2.75) is 19.3 Å². The van der Waals surface area contributed by atoms with Gasteiger partial charge in [-0.05, 0) is 56.6 Å². The molecule has 3 aromatic carbocycles. The van der Waals surface area contributed by atoms with Gasteiger partial charge in [0.1, 0.15) is 5.65 Å². The number of rotatable bonds is 9. The Hall–Kier alpha value is -4.23. The van der Waals surface area contributed by atoms with Gasteiger partial charge in [0.25, 0.3) is 11.7 Å². The van der Waals surface area contributed by atoms with Crippen LogP contribution in [0.1, 0.15) is 29.6 Å². The Kier molecular flexibility index (Phi) is 6.52. The number of amides is 1. The van der Waals surface area contributed by atoms with Crippen LogP contribution in [0.5, 0.6) is 0 Å². The number of aromatic nitrogens is 2. The molecule has 0 aliphatic carbocycles. The Morgan fingerprint density at radius 1 is 0.842 bits per heavy atom. The number of Topliss-reactive ketones (excluding diaryl/α,β-unsaturated/α-hetero) is 1. The molecule has 2 N–H and O–H groups in total. The number of aromatic amines is 1. The number of benzene rings is 3. The van der Waals surface area contributed by atoms with Crippen LogP contribution in [0.2, 0.25) is 0 Å². The average Bonchev–Trinajstić information content (AvgIpc) is 3.45. The predicted molar refractivity (Wildman–Crippen MR) is 153 cm³/mol. The molecule has 7 nitrogen and oxygen atoms in total. The van der Waals surface area contributed by atoms with Crippen LogP contribution in [-0.2, 0) is 11.8 Å². The number of para-hydroxylation sites is 3. The van der Waals surface area contributed by atoms with Crippen molar-refractivity contribution in [1.82, 2.24) is 14.9 Å². The number of pyridine rings is 1. The van der Waals surface area contributed by atoms with Gasteiger partial charge in [0.15, 0.2) is 0 Å². The fourth-order valence-corrected chi connectivity index (χ4v) is 5.51. The predicted octanol–water partition coefficient (Wildman–Crippen LogP) is 4.70. The fourth-order valence-electron chi connectivity index (χ4n) is 5.51. The van der Waals surface area contributed by atoms with Gasteiger partial charge in [-0.3, -0.25) is 14.6 Å². The highest BCUT2D eigenvalue weighted by atomic mass is 16.2. The fraction of sp³-hybridized carbons (Fsp3) is 0.258. The first-order chi connectivity index (χ1) is 18.6. The molecule has 0 radical (unpaired) electrons. The molecule has 1 amide bonds. The summed E-state index contributed by atoms with van der Waals surface area (Å²) in [6.45, 7) is 3.05. The number of ketones is 1. The molecule has 192 valence electrons. The monoisotopic (exact) mass is 505 g/mol. The highest BCUT2D eigenvalue weighted by molar-refractivity contribution is 6.52. The summed E-state index contributed by atoms with van der Waals surface area (Å²) < 4.78 is 2.22. The smallest absolute Gasteiger partial charge is 0.299 e. The number of hydrogen-bond donors (Lipinski definition) is 2. The lowest BCUT2D eigenvalue weighted by Gasteiger charge is -2.16. The molecule has 0 saturated heterocycles. The lowest BCUT2D eigenvalue weighted by atomic mass is 10.1. The Morgan fingerprint density at radius 3 is 2.47 bits per heavy atom. The molecule has 3 heterocycles. The number of hydrogen-bond acceptors (Lipinski definition) is 4. The van der Waals surface area contributed by atoms with Gasteiger partial charge < -0.3 is 19.8 Å². The lowest BCUT2D eigenvalue weighted by Crippen LogP contribution is -2.31. The number of nitrogens with one attached hydrogen (secondary N) is 2. The van der Waals surface area contributed by atoms with Crippen LogP contribution in [0.15, 0.2) is 77.8 Å². The molecule has 5 aromatic rings. The van der Waals surface area contributed by atoms with Crippen molar-refractivity contribution in [1.29, 1.82) is 0 Å². The summed E-state index contributed by atoms with van der Waals surface area (Å²) in [5.74, 6) is -0.806. The number of nitrogens with zero attached hydrogens (tertiary/aromatic N) is 3. The van der Waals surface area contributed by atoms with E-state index in [9.17, 15) is 9.59 Å². The van der Waals surface area contributed by atoms with Gasteiger partial charge in [-0.2, -0.15) is 0 Å². The van der Waals surface area contributed by atoms with Gasteiger partial charge in [-0.15, -0.1) is 0 Å². The molecule has 6 rings (SSSR count). The van der Waals surface area contributed by atoms with Crippen LogP contribution in [0, 0.1) is 0 Å². The van der Waals surface area contributed by atoms with Crippen LogP contribution in [0.4, 0.5) is 5.69 Å². The number of aryl methyl sites for hydroxylation is 1. The van der Waals surface area contributed by atoms with Gasteiger partial charge in [0.05, 0.1) is 27.5 Å². The van der Waals surface area contributed by atoms with E-state index in [-0.39, 0.29) is 0 Å². The van der Waals surface area contributed by atoms with Crippen molar-refractivity contribution >= 4 is 50.2 Å². The Balaban J connectivity index is 1.07. The first-order valence-electron chi connectivity index (χ1n) is 13.3. The average molecular weight is 506 g/mol. The third kappa shape index (κ3) is 4.19. The molecule has 0 atom stereocenters. The van der Waals surface area contributed by atoms with Gasteiger partial charge >= 0.3 is 0 Å². The molecule has 2 aromatic heterocycles. The van der Waals surface area contributed by atoms with Crippen molar-refractivity contribution < 1.29 is 9.59 Å². The molecule has 0 bridgehead atoms. The summed E-state index contributed by atoms with van der Waals surface area (Å²) in [5.41, 5.74) is 4.62. The van der Waals surface area contributed by atoms with Gasteiger partial charge in [-0.1, -0.05) is 48.5 Å². The zero-order valence-corrected chi connectivity index (χ0v) is 21.5. The molecular formula is C31H31N5O2. The maximum absolute atomic E-state index is 12.3. The second-order valence-corrected chi connectivity index (χ2v) is 9.81. The van der Waals surface area contributed by atoms with Gasteiger partial charge in [0, 0.05) is 36.4 Å². The van der Waals surface area contributed by atoms with Crippen molar-refractivity contribution in [2.24, 2.45) is 12.0 Å². The third-order valence-corrected chi connectivity index (χ3v) is 7.42. The van der Waals surface area contributed by atoms with Crippen LogP contribution in [0.3, 0.4) is 0 Å². The third-order valence-electron chi connectivity index (χ3n) is 7.42. The highest BCUT2D eigenvalue weighted by Gasteiger charge is 2.34. The van der Waals surface area contributed by atoms with Crippen molar-refractivity contribution in [2.75, 3.05) is 31.1 Å². The highest BCUT2D eigenvalue weighted by Crippen LogP contribution is 2.28. The van der Waals surface area contributed by atoms with E-state index in [1.165, 1.54) is 10.8 Å².